The third kappa shape index (κ3) is 6.29. The van der Waals surface area contributed by atoms with Gasteiger partial charge in [-0.15, -0.1) is 0 Å². The van der Waals surface area contributed by atoms with Crippen LogP contribution in [0.3, 0.4) is 0 Å². The lowest BCUT2D eigenvalue weighted by Crippen LogP contribution is -2.45. The van der Waals surface area contributed by atoms with Crippen molar-refractivity contribution in [2.75, 3.05) is 6.54 Å². The van der Waals surface area contributed by atoms with Gasteiger partial charge in [-0.3, -0.25) is 9.59 Å². The van der Waals surface area contributed by atoms with Gasteiger partial charge in [0.1, 0.15) is 5.54 Å². The summed E-state index contributed by atoms with van der Waals surface area (Å²) in [6, 6.07) is 7.58. The number of carbonyl (C=O) groups excluding carboxylic acids is 2. The fraction of sp³-hybridized carbons (Fsp3) is 0.545. The molecule has 1 heterocycles. The smallest absolute Gasteiger partial charge is 0.227 e. The lowest BCUT2D eigenvalue weighted by Gasteiger charge is -2.30. The zero-order valence-electron chi connectivity index (χ0n) is 17.4. The van der Waals surface area contributed by atoms with Crippen LogP contribution in [0.15, 0.2) is 28.8 Å². The first-order valence-corrected chi connectivity index (χ1v) is 11.0. The largest absolute Gasteiger partial charge is 0.356 e. The average molecular weight is 433 g/mol. The van der Waals surface area contributed by atoms with Gasteiger partial charge in [-0.2, -0.15) is 4.98 Å². The van der Waals surface area contributed by atoms with Gasteiger partial charge in [0.15, 0.2) is 5.82 Å². The van der Waals surface area contributed by atoms with Crippen molar-refractivity contribution in [1.82, 2.24) is 20.8 Å². The zero-order chi connectivity index (χ0) is 21.4. The minimum Gasteiger partial charge on any atom is -0.356 e. The van der Waals surface area contributed by atoms with E-state index in [2.05, 4.69) is 20.8 Å². The van der Waals surface area contributed by atoms with Crippen molar-refractivity contribution in [3.63, 3.8) is 0 Å². The Morgan fingerprint density at radius 2 is 1.80 bits per heavy atom. The van der Waals surface area contributed by atoms with Crippen LogP contribution in [0.25, 0.3) is 0 Å². The van der Waals surface area contributed by atoms with Gasteiger partial charge in [0.2, 0.25) is 17.7 Å². The Kier molecular flexibility index (Phi) is 7.85. The maximum Gasteiger partial charge on any atom is 0.227 e. The molecule has 2 N–H and O–H groups in total. The molecule has 2 amide bonds. The number of nitrogens with zero attached hydrogens (tertiary/aromatic N) is 2. The fourth-order valence-electron chi connectivity index (χ4n) is 3.93. The molecule has 0 aliphatic heterocycles. The second-order valence-corrected chi connectivity index (χ2v) is 8.35. The van der Waals surface area contributed by atoms with E-state index in [4.69, 9.17) is 16.1 Å². The summed E-state index contributed by atoms with van der Waals surface area (Å²) in [5.74, 6) is 0.794. The minimum atomic E-state index is -0.565. The number of carbonyl (C=O) groups is 2. The van der Waals surface area contributed by atoms with Crippen molar-refractivity contribution in [2.45, 2.75) is 70.3 Å². The van der Waals surface area contributed by atoms with Crippen LogP contribution in [0, 0.1) is 0 Å². The summed E-state index contributed by atoms with van der Waals surface area (Å²) >= 11 is 5.88. The molecule has 0 unspecified atom stereocenters. The number of hydrogen-bond donors (Lipinski definition) is 2. The average Bonchev–Trinajstić information content (AvgIpc) is 3.08. The summed E-state index contributed by atoms with van der Waals surface area (Å²) in [6.07, 6.45) is 7.30. The molecule has 0 bridgehead atoms. The maximum absolute atomic E-state index is 12.1. The maximum atomic E-state index is 12.1. The Morgan fingerprint density at radius 3 is 2.47 bits per heavy atom. The summed E-state index contributed by atoms with van der Waals surface area (Å²) in [5, 5.41) is 10.8. The van der Waals surface area contributed by atoms with Crippen molar-refractivity contribution in [2.24, 2.45) is 0 Å². The predicted octanol–water partition coefficient (Wildman–Crippen LogP) is 3.70. The molecule has 0 atom stereocenters. The summed E-state index contributed by atoms with van der Waals surface area (Å²) in [4.78, 5) is 28.5. The first kappa shape index (κ1) is 22.3. The van der Waals surface area contributed by atoms with Crippen molar-refractivity contribution >= 4 is 23.4 Å². The highest BCUT2D eigenvalue weighted by atomic mass is 35.5. The van der Waals surface area contributed by atoms with Crippen LogP contribution in [-0.4, -0.2) is 28.5 Å². The molecule has 7 nitrogen and oxygen atoms in total. The third-order valence-corrected chi connectivity index (χ3v) is 5.74. The number of amides is 2. The van der Waals surface area contributed by atoms with E-state index >= 15 is 0 Å². The molecule has 8 heteroatoms. The highest BCUT2D eigenvalue weighted by Gasteiger charge is 2.38. The second-order valence-electron chi connectivity index (χ2n) is 7.92. The molecule has 1 aromatic heterocycles. The van der Waals surface area contributed by atoms with Gasteiger partial charge in [-0.05, 0) is 37.0 Å². The van der Waals surface area contributed by atoms with E-state index < -0.39 is 5.54 Å². The van der Waals surface area contributed by atoms with E-state index in [1.807, 2.05) is 24.3 Å². The molecule has 2 aromatic rings. The van der Waals surface area contributed by atoms with Gasteiger partial charge < -0.3 is 15.2 Å². The Labute approximate surface area is 182 Å². The summed E-state index contributed by atoms with van der Waals surface area (Å²) in [7, 11) is 0. The van der Waals surface area contributed by atoms with E-state index in [0.29, 0.717) is 29.7 Å². The molecule has 1 aliphatic rings. The molecule has 1 fully saturated rings. The molecule has 1 aliphatic carbocycles. The minimum absolute atomic E-state index is 0.0604. The summed E-state index contributed by atoms with van der Waals surface area (Å²) < 4.78 is 5.40. The zero-order valence-corrected chi connectivity index (χ0v) is 18.1. The number of nitrogens with one attached hydrogen (secondary N) is 2. The van der Waals surface area contributed by atoms with Crippen molar-refractivity contribution in [3.8, 4) is 0 Å². The number of benzene rings is 1. The van der Waals surface area contributed by atoms with Gasteiger partial charge in [-0.25, -0.2) is 0 Å². The number of hydrogen-bond acceptors (Lipinski definition) is 5. The monoisotopic (exact) mass is 432 g/mol. The Balaban J connectivity index is 1.50. The van der Waals surface area contributed by atoms with E-state index in [1.54, 1.807) is 0 Å². The predicted molar refractivity (Wildman–Crippen MR) is 114 cm³/mol. The summed E-state index contributed by atoms with van der Waals surface area (Å²) in [5.41, 5.74) is 0.554. The fourth-order valence-corrected chi connectivity index (χ4v) is 4.06. The van der Waals surface area contributed by atoms with Crippen LogP contribution in [-0.2, 0) is 28.0 Å². The summed E-state index contributed by atoms with van der Waals surface area (Å²) in [6.45, 7) is 2.07. The molecule has 0 spiro atoms. The van der Waals surface area contributed by atoms with Crippen LogP contribution in [0.2, 0.25) is 5.02 Å². The van der Waals surface area contributed by atoms with Crippen molar-refractivity contribution in [1.29, 1.82) is 0 Å². The SMILES string of the molecule is CC(=O)NC1(c2noc(CCC(=O)NCCc3ccc(Cl)cc3)n2)CCCCCC1. The van der Waals surface area contributed by atoms with E-state index in [-0.39, 0.29) is 18.2 Å². The molecular formula is C22H29ClN4O3. The second kappa shape index (κ2) is 10.6. The molecule has 3 rings (SSSR count). The Bertz CT molecular complexity index is 842. The van der Waals surface area contributed by atoms with Crippen LogP contribution in [0.1, 0.15) is 69.1 Å². The van der Waals surface area contributed by atoms with Gasteiger partial charge >= 0.3 is 0 Å². The number of halogens is 1. The first-order valence-electron chi connectivity index (χ1n) is 10.6. The van der Waals surface area contributed by atoms with Crippen molar-refractivity contribution in [3.05, 3.63) is 46.6 Å². The first-order chi connectivity index (χ1) is 14.5. The number of rotatable bonds is 8. The molecule has 1 saturated carbocycles. The highest BCUT2D eigenvalue weighted by Crippen LogP contribution is 2.34. The Hall–Kier alpha value is -2.41. The molecule has 1 aromatic carbocycles. The lowest BCUT2D eigenvalue weighted by molar-refractivity contribution is -0.122. The standard InChI is InChI=1S/C22H29ClN4O3/c1-16(28)26-22(13-4-2-3-5-14-22)21-25-20(30-27-21)11-10-19(29)24-15-12-17-6-8-18(23)9-7-17/h6-9H,2-5,10-15H2,1H3,(H,24,29)(H,26,28). The van der Waals surface area contributed by atoms with Gasteiger partial charge in [0.05, 0.1) is 0 Å². The normalized spacial score (nSPS) is 15.9. The molecule has 0 saturated heterocycles. The molecular weight excluding hydrogens is 404 g/mol. The van der Waals surface area contributed by atoms with Gasteiger partial charge in [-0.1, -0.05) is 54.6 Å². The van der Waals surface area contributed by atoms with E-state index in [9.17, 15) is 9.59 Å². The van der Waals surface area contributed by atoms with E-state index in [1.165, 1.54) is 6.92 Å². The third-order valence-electron chi connectivity index (χ3n) is 5.48. The van der Waals surface area contributed by atoms with Crippen LogP contribution < -0.4 is 10.6 Å². The van der Waals surface area contributed by atoms with Gasteiger partial charge in [0, 0.05) is 31.3 Å². The molecule has 162 valence electrons. The Morgan fingerprint density at radius 1 is 1.10 bits per heavy atom. The van der Waals surface area contributed by atoms with Gasteiger partial charge in [0.25, 0.3) is 0 Å². The highest BCUT2D eigenvalue weighted by molar-refractivity contribution is 6.30. The number of aromatic nitrogens is 2. The molecule has 30 heavy (non-hydrogen) atoms. The lowest BCUT2D eigenvalue weighted by atomic mass is 9.89. The number of aryl methyl sites for hydroxylation is 1. The van der Waals surface area contributed by atoms with Crippen LogP contribution in [0.5, 0.6) is 0 Å². The van der Waals surface area contributed by atoms with Crippen molar-refractivity contribution < 1.29 is 14.1 Å². The quantitative estimate of drug-likeness (QED) is 0.620. The van der Waals surface area contributed by atoms with Crippen LogP contribution in [0.4, 0.5) is 0 Å². The van der Waals surface area contributed by atoms with E-state index in [0.717, 1.165) is 50.5 Å². The molecule has 0 radical (unpaired) electrons. The van der Waals surface area contributed by atoms with Crippen LogP contribution >= 0.6 is 11.6 Å². The topological polar surface area (TPSA) is 97.1 Å².